The van der Waals surface area contributed by atoms with Gasteiger partial charge in [0.1, 0.15) is 0 Å². The minimum Gasteiger partial charge on any atom is -0.381 e. The Morgan fingerprint density at radius 3 is 2.72 bits per heavy atom. The number of nitrogens with one attached hydrogen (secondary N) is 1. The van der Waals surface area contributed by atoms with E-state index in [1.165, 1.54) is 18.4 Å². The summed E-state index contributed by atoms with van der Waals surface area (Å²) in [5.41, 5.74) is 0.369. The van der Waals surface area contributed by atoms with Crippen LogP contribution in [0.1, 0.15) is 37.3 Å². The third-order valence-corrected chi connectivity index (χ3v) is 5.47. The number of likely N-dealkylation sites (N-methyl/N-ethyl adjacent to an activating group) is 1. The van der Waals surface area contributed by atoms with E-state index in [1.54, 1.807) is 0 Å². The van der Waals surface area contributed by atoms with E-state index in [0.29, 0.717) is 6.04 Å². The average molecular weight is 354 g/mol. The maximum atomic E-state index is 12.8. The molecule has 0 radical (unpaired) electrons. The van der Waals surface area contributed by atoms with Crippen molar-refractivity contribution in [3.05, 3.63) is 35.5 Å². The molecule has 0 aliphatic carbocycles. The molecule has 0 bridgehead atoms. The van der Waals surface area contributed by atoms with E-state index in [1.807, 2.05) is 24.4 Å². The smallest absolute Gasteiger partial charge is 0.381 e. The van der Waals surface area contributed by atoms with E-state index in [2.05, 4.69) is 16.9 Å². The Balaban J connectivity index is 1.76. The van der Waals surface area contributed by atoms with Gasteiger partial charge in [-0.2, -0.15) is 13.2 Å². The molecule has 0 spiro atoms. The highest BCUT2D eigenvalue weighted by atomic mass is 19.4. The highest BCUT2D eigenvalue weighted by Crippen LogP contribution is 2.34. The van der Waals surface area contributed by atoms with Crippen LogP contribution in [-0.2, 0) is 12.8 Å². The Kier molecular flexibility index (Phi) is 4.86. The highest BCUT2D eigenvalue weighted by Gasteiger charge is 2.49. The molecule has 1 unspecified atom stereocenters. The number of fused-ring (bicyclic) bond motifs is 1. The number of halogens is 3. The van der Waals surface area contributed by atoms with Crippen molar-refractivity contribution < 1.29 is 18.3 Å². The second-order valence-electron chi connectivity index (χ2n) is 7.45. The standard InChI is InChI=1S/C19H25F3N2O/c1-18(25,19(20,21)22)8-7-13-5-6-17-16(10-13)14(12-23-17)11-15-4-3-9-24(15)2/h5-6,10,12,15,23,25H,3-4,7-9,11H2,1-2H3/t15-,18?/m1/s1. The molecule has 2 atom stereocenters. The number of rotatable bonds is 5. The molecule has 25 heavy (non-hydrogen) atoms. The van der Waals surface area contributed by atoms with Gasteiger partial charge in [0.15, 0.2) is 5.60 Å². The van der Waals surface area contributed by atoms with Gasteiger partial charge < -0.3 is 15.0 Å². The van der Waals surface area contributed by atoms with Crippen LogP contribution >= 0.6 is 0 Å². The molecule has 6 heteroatoms. The van der Waals surface area contributed by atoms with Crippen LogP contribution in [0.2, 0.25) is 0 Å². The molecule has 1 aliphatic heterocycles. The first-order valence-corrected chi connectivity index (χ1v) is 8.75. The number of aromatic amines is 1. The average Bonchev–Trinajstić information content (AvgIpc) is 3.11. The number of alkyl halides is 3. The number of H-pyrrole nitrogens is 1. The summed E-state index contributed by atoms with van der Waals surface area (Å²) in [5, 5.41) is 10.7. The molecule has 1 aliphatic rings. The fourth-order valence-corrected chi connectivity index (χ4v) is 3.57. The zero-order valence-electron chi connectivity index (χ0n) is 14.7. The molecule has 0 saturated carbocycles. The van der Waals surface area contributed by atoms with Crippen LogP contribution in [0, 0.1) is 0 Å². The zero-order valence-corrected chi connectivity index (χ0v) is 14.7. The molecule has 3 rings (SSSR count). The molecule has 2 N–H and O–H groups in total. The van der Waals surface area contributed by atoms with Crippen LogP contribution in [0.5, 0.6) is 0 Å². The summed E-state index contributed by atoms with van der Waals surface area (Å²) in [7, 11) is 2.14. The van der Waals surface area contributed by atoms with Crippen molar-refractivity contribution in [3.8, 4) is 0 Å². The first-order valence-electron chi connectivity index (χ1n) is 8.75. The van der Waals surface area contributed by atoms with Crippen LogP contribution in [0.3, 0.4) is 0 Å². The van der Waals surface area contributed by atoms with Gasteiger partial charge in [-0.3, -0.25) is 0 Å². The van der Waals surface area contributed by atoms with E-state index in [9.17, 15) is 18.3 Å². The molecule has 1 aromatic carbocycles. The van der Waals surface area contributed by atoms with Crippen molar-refractivity contribution in [2.45, 2.75) is 56.8 Å². The Morgan fingerprint density at radius 2 is 2.08 bits per heavy atom. The van der Waals surface area contributed by atoms with E-state index in [-0.39, 0.29) is 12.8 Å². The fraction of sp³-hybridized carbons (Fsp3) is 0.579. The van der Waals surface area contributed by atoms with Gasteiger partial charge in [0.05, 0.1) is 0 Å². The van der Waals surface area contributed by atoms with Crippen molar-refractivity contribution in [3.63, 3.8) is 0 Å². The van der Waals surface area contributed by atoms with Gasteiger partial charge in [0, 0.05) is 23.1 Å². The Bertz CT molecular complexity index is 736. The SMILES string of the molecule is CN1CCC[C@@H]1Cc1c[nH]c2ccc(CCC(C)(O)C(F)(F)F)cc12. The topological polar surface area (TPSA) is 39.3 Å². The first-order chi connectivity index (χ1) is 11.7. The van der Waals surface area contributed by atoms with Crippen LogP contribution in [0.15, 0.2) is 24.4 Å². The summed E-state index contributed by atoms with van der Waals surface area (Å²) < 4.78 is 38.4. The maximum absolute atomic E-state index is 12.8. The number of aryl methyl sites for hydroxylation is 1. The third-order valence-electron chi connectivity index (χ3n) is 5.47. The van der Waals surface area contributed by atoms with Gasteiger partial charge in [-0.1, -0.05) is 6.07 Å². The minimum absolute atomic E-state index is 0.191. The minimum atomic E-state index is -4.61. The van der Waals surface area contributed by atoms with Crippen LogP contribution in [-0.4, -0.2) is 46.4 Å². The molecule has 1 fully saturated rings. The first kappa shape index (κ1) is 18.3. The second-order valence-corrected chi connectivity index (χ2v) is 7.45. The molecular weight excluding hydrogens is 329 g/mol. The summed E-state index contributed by atoms with van der Waals surface area (Å²) in [5.74, 6) is 0. The molecule has 1 aromatic heterocycles. The second kappa shape index (κ2) is 6.65. The third kappa shape index (κ3) is 3.85. The number of likely N-dealkylation sites (tertiary alicyclic amines) is 1. The van der Waals surface area contributed by atoms with Crippen LogP contribution in [0.4, 0.5) is 13.2 Å². The van der Waals surface area contributed by atoms with Gasteiger partial charge in [-0.25, -0.2) is 0 Å². The predicted octanol–water partition coefficient (Wildman–Crippen LogP) is 4.05. The van der Waals surface area contributed by atoms with Gasteiger partial charge in [-0.15, -0.1) is 0 Å². The number of hydrogen-bond acceptors (Lipinski definition) is 2. The maximum Gasteiger partial charge on any atom is 0.416 e. The normalized spacial score (nSPS) is 21.8. The fourth-order valence-electron chi connectivity index (χ4n) is 3.57. The van der Waals surface area contributed by atoms with Gasteiger partial charge in [0.25, 0.3) is 0 Å². The number of aromatic nitrogens is 1. The van der Waals surface area contributed by atoms with Gasteiger partial charge in [0.2, 0.25) is 0 Å². The number of nitrogens with zero attached hydrogens (tertiary/aromatic N) is 1. The van der Waals surface area contributed by atoms with Crippen LogP contribution < -0.4 is 0 Å². The lowest BCUT2D eigenvalue weighted by Gasteiger charge is -2.26. The monoisotopic (exact) mass is 354 g/mol. The number of aliphatic hydroxyl groups is 1. The summed E-state index contributed by atoms with van der Waals surface area (Å²) >= 11 is 0. The summed E-state index contributed by atoms with van der Waals surface area (Å²) in [6, 6.07) is 6.22. The number of hydrogen-bond donors (Lipinski definition) is 2. The van der Waals surface area contributed by atoms with Crippen molar-refractivity contribution in [1.82, 2.24) is 9.88 Å². The molecule has 2 heterocycles. The Labute approximate surface area is 145 Å². The molecule has 0 amide bonds. The summed E-state index contributed by atoms with van der Waals surface area (Å²) in [6.07, 6.45) is 0.582. The number of benzene rings is 1. The lowest BCUT2D eigenvalue weighted by atomic mass is 9.95. The summed E-state index contributed by atoms with van der Waals surface area (Å²) in [4.78, 5) is 5.62. The Morgan fingerprint density at radius 1 is 1.32 bits per heavy atom. The van der Waals surface area contributed by atoms with E-state index in [4.69, 9.17) is 0 Å². The van der Waals surface area contributed by atoms with Crippen LogP contribution in [0.25, 0.3) is 10.9 Å². The van der Waals surface area contributed by atoms with Gasteiger partial charge >= 0.3 is 6.18 Å². The van der Waals surface area contributed by atoms with Crippen molar-refractivity contribution in [2.75, 3.05) is 13.6 Å². The predicted molar refractivity (Wildman–Crippen MR) is 92.7 cm³/mol. The van der Waals surface area contributed by atoms with Crippen molar-refractivity contribution in [1.29, 1.82) is 0 Å². The molecule has 3 nitrogen and oxygen atoms in total. The lowest BCUT2D eigenvalue weighted by molar-refractivity contribution is -0.254. The lowest BCUT2D eigenvalue weighted by Crippen LogP contribution is -2.42. The van der Waals surface area contributed by atoms with E-state index < -0.39 is 11.8 Å². The zero-order chi connectivity index (χ0) is 18.2. The molecular formula is C19H25F3N2O. The van der Waals surface area contributed by atoms with Crippen molar-refractivity contribution >= 4 is 10.9 Å². The van der Waals surface area contributed by atoms with E-state index >= 15 is 0 Å². The summed E-state index contributed by atoms with van der Waals surface area (Å²) in [6.45, 7) is 1.95. The van der Waals surface area contributed by atoms with Gasteiger partial charge in [-0.05, 0) is 75.9 Å². The highest BCUT2D eigenvalue weighted by molar-refractivity contribution is 5.84. The largest absolute Gasteiger partial charge is 0.416 e. The Hall–Kier alpha value is -1.53. The quantitative estimate of drug-likeness (QED) is 0.850. The molecule has 2 aromatic rings. The van der Waals surface area contributed by atoms with Crippen molar-refractivity contribution in [2.24, 2.45) is 0 Å². The molecule has 1 saturated heterocycles. The van der Waals surface area contributed by atoms with E-state index in [0.717, 1.165) is 36.4 Å². The molecule has 138 valence electrons.